The predicted octanol–water partition coefficient (Wildman–Crippen LogP) is -0.841. The molecule has 2 aliphatic rings. The molecule has 4 atom stereocenters. The zero-order chi connectivity index (χ0) is 18.1. The molecule has 2 rings (SSSR count). The van der Waals surface area contributed by atoms with Gasteiger partial charge < -0.3 is 19.0 Å². The quantitative estimate of drug-likeness (QED) is 0.461. The molecular formula is C14H19NO9. The fourth-order valence-electron chi connectivity index (χ4n) is 3.09. The second kappa shape index (κ2) is 6.83. The normalized spacial score (nSPS) is 32.1. The van der Waals surface area contributed by atoms with E-state index in [2.05, 4.69) is 9.47 Å². The van der Waals surface area contributed by atoms with Gasteiger partial charge in [0.1, 0.15) is 5.78 Å². The molecule has 0 saturated carbocycles. The number of Topliss-reactive ketones (excluding diaryl/α,β-unsaturated/α-hetero) is 1. The molecule has 0 N–H and O–H groups in total. The Labute approximate surface area is 137 Å². The fourth-order valence-corrected chi connectivity index (χ4v) is 3.09. The van der Waals surface area contributed by atoms with Gasteiger partial charge in [0.25, 0.3) is 0 Å². The minimum absolute atomic E-state index is 0.164. The molecule has 0 aromatic rings. The maximum Gasteiger partial charge on any atom is 0.337 e. The molecule has 0 unspecified atom stereocenters. The van der Waals surface area contributed by atoms with Crippen LogP contribution in [0.5, 0.6) is 0 Å². The van der Waals surface area contributed by atoms with Gasteiger partial charge in [-0.05, 0) is 12.2 Å². The molecule has 2 aliphatic heterocycles. The van der Waals surface area contributed by atoms with Crippen LogP contribution in [0.1, 0.15) is 19.8 Å². The highest BCUT2D eigenvalue weighted by Crippen LogP contribution is 2.49. The number of carbonyl (C=O) groups excluding carboxylic acids is 4. The van der Waals surface area contributed by atoms with Gasteiger partial charge in [-0.3, -0.25) is 9.68 Å². The lowest BCUT2D eigenvalue weighted by molar-refractivity contribution is -0.362. The van der Waals surface area contributed by atoms with Crippen LogP contribution in [0.2, 0.25) is 0 Å². The lowest BCUT2D eigenvalue weighted by atomic mass is 9.75. The maximum atomic E-state index is 12.5. The van der Waals surface area contributed by atoms with Gasteiger partial charge in [-0.25, -0.2) is 14.4 Å². The molecule has 2 heterocycles. The topological polar surface area (TPSA) is 118 Å². The zero-order valence-electron chi connectivity index (χ0n) is 13.8. The minimum atomic E-state index is -1.63. The van der Waals surface area contributed by atoms with Crippen LogP contribution in [0, 0.1) is 5.92 Å². The van der Waals surface area contributed by atoms with Gasteiger partial charge in [0.05, 0.1) is 21.3 Å². The van der Waals surface area contributed by atoms with Crippen LogP contribution in [0.15, 0.2) is 0 Å². The van der Waals surface area contributed by atoms with E-state index in [9.17, 15) is 19.2 Å². The van der Waals surface area contributed by atoms with E-state index in [4.69, 9.17) is 14.4 Å². The van der Waals surface area contributed by atoms with Gasteiger partial charge in [-0.1, -0.05) is 0 Å². The van der Waals surface area contributed by atoms with Crippen molar-refractivity contribution in [1.29, 1.82) is 0 Å². The second-order valence-electron chi connectivity index (χ2n) is 5.56. The first-order valence-electron chi connectivity index (χ1n) is 7.19. The third-order valence-electron chi connectivity index (χ3n) is 4.18. The highest BCUT2D eigenvalue weighted by Gasteiger charge is 2.69. The number of rotatable bonds is 5. The van der Waals surface area contributed by atoms with Gasteiger partial charge in [0.15, 0.2) is 17.7 Å². The number of hydrogen-bond acceptors (Lipinski definition) is 10. The summed E-state index contributed by atoms with van der Waals surface area (Å²) in [6.45, 7) is 1.32. The lowest BCUT2D eigenvalue weighted by Crippen LogP contribution is -2.52. The third kappa shape index (κ3) is 2.76. The molecule has 0 radical (unpaired) electrons. The predicted molar refractivity (Wildman–Crippen MR) is 73.8 cm³/mol. The van der Waals surface area contributed by atoms with Crippen LogP contribution in [-0.2, 0) is 43.1 Å². The van der Waals surface area contributed by atoms with Crippen molar-refractivity contribution >= 4 is 23.7 Å². The summed E-state index contributed by atoms with van der Waals surface area (Å²) in [5.74, 6) is -3.48. The van der Waals surface area contributed by atoms with E-state index in [-0.39, 0.29) is 18.6 Å². The number of fused-ring (bicyclic) bond motifs is 1. The summed E-state index contributed by atoms with van der Waals surface area (Å²) >= 11 is 0. The Morgan fingerprint density at radius 1 is 1.04 bits per heavy atom. The van der Waals surface area contributed by atoms with E-state index < -0.39 is 41.6 Å². The van der Waals surface area contributed by atoms with Crippen LogP contribution in [0.4, 0.5) is 0 Å². The van der Waals surface area contributed by atoms with Gasteiger partial charge in [0.2, 0.25) is 0 Å². The van der Waals surface area contributed by atoms with Crippen LogP contribution >= 0.6 is 0 Å². The number of hydrogen-bond donors (Lipinski definition) is 0. The van der Waals surface area contributed by atoms with E-state index in [0.29, 0.717) is 0 Å². The first-order chi connectivity index (χ1) is 11.3. The van der Waals surface area contributed by atoms with Crippen molar-refractivity contribution < 1.29 is 43.1 Å². The molecular weight excluding hydrogens is 326 g/mol. The van der Waals surface area contributed by atoms with Gasteiger partial charge >= 0.3 is 17.9 Å². The van der Waals surface area contributed by atoms with Crippen molar-refractivity contribution in [3.8, 4) is 0 Å². The van der Waals surface area contributed by atoms with E-state index in [1.165, 1.54) is 14.0 Å². The first kappa shape index (κ1) is 18.3. The second-order valence-corrected chi connectivity index (χ2v) is 5.56. The van der Waals surface area contributed by atoms with E-state index in [0.717, 1.165) is 19.4 Å². The molecule has 0 aromatic carbocycles. The Balaban J connectivity index is 2.45. The molecule has 10 nitrogen and oxygen atoms in total. The van der Waals surface area contributed by atoms with Crippen LogP contribution in [0.3, 0.4) is 0 Å². The molecule has 10 heteroatoms. The summed E-state index contributed by atoms with van der Waals surface area (Å²) in [7, 11) is 3.48. The van der Waals surface area contributed by atoms with Crippen molar-refractivity contribution in [2.75, 3.05) is 21.3 Å². The molecule has 24 heavy (non-hydrogen) atoms. The monoisotopic (exact) mass is 345 g/mol. The summed E-state index contributed by atoms with van der Waals surface area (Å²) in [5, 5.41) is 0.773. The van der Waals surface area contributed by atoms with Crippen molar-refractivity contribution in [3.05, 3.63) is 0 Å². The minimum Gasteiger partial charge on any atom is -0.467 e. The molecule has 0 aromatic heterocycles. The van der Waals surface area contributed by atoms with Crippen LogP contribution in [0.25, 0.3) is 0 Å². The van der Waals surface area contributed by atoms with Gasteiger partial charge in [0, 0.05) is 18.8 Å². The van der Waals surface area contributed by atoms with Gasteiger partial charge in [-0.15, -0.1) is 0 Å². The summed E-state index contributed by atoms with van der Waals surface area (Å²) in [5.41, 5.74) is -1.63. The number of ether oxygens (including phenoxy) is 3. The largest absolute Gasteiger partial charge is 0.467 e. The highest BCUT2D eigenvalue weighted by atomic mass is 17.0. The number of methoxy groups -OCH3 is 3. The van der Waals surface area contributed by atoms with Gasteiger partial charge in [-0.2, -0.15) is 0 Å². The standard InChI is InChI=1S/C14H19NO9/c1-7(16)5-8-10(12(18)21-3)24-15-14(8,13(19)22-4)6-9(23-15)11(17)20-2/h8-10H,5-6H2,1-4H3/t8-,9-,10-,14-/m1/s1. The number of ketones is 1. The summed E-state index contributed by atoms with van der Waals surface area (Å²) < 4.78 is 14.1. The Morgan fingerprint density at radius 2 is 1.67 bits per heavy atom. The number of esters is 3. The molecule has 2 fully saturated rings. The smallest absolute Gasteiger partial charge is 0.337 e. The Morgan fingerprint density at radius 3 is 2.17 bits per heavy atom. The fraction of sp³-hybridized carbons (Fsp3) is 0.714. The molecule has 0 aliphatic carbocycles. The van der Waals surface area contributed by atoms with Crippen LogP contribution < -0.4 is 0 Å². The van der Waals surface area contributed by atoms with E-state index in [1.807, 2.05) is 0 Å². The number of carbonyl (C=O) groups is 4. The SMILES string of the molecule is COC(=O)[C@H]1C[C@]2(C(=O)OC)[C@H](CC(C)=O)[C@H](C(=O)OC)ON2O1. The third-order valence-corrected chi connectivity index (χ3v) is 4.18. The zero-order valence-corrected chi connectivity index (χ0v) is 13.8. The average molecular weight is 345 g/mol. The number of nitrogens with zero attached hydrogens (tertiary/aromatic N) is 1. The molecule has 134 valence electrons. The Hall–Kier alpha value is -2.04. The molecule has 0 spiro atoms. The van der Waals surface area contributed by atoms with Crippen molar-refractivity contribution in [3.63, 3.8) is 0 Å². The van der Waals surface area contributed by atoms with E-state index >= 15 is 0 Å². The first-order valence-corrected chi connectivity index (χ1v) is 7.19. The van der Waals surface area contributed by atoms with Crippen molar-refractivity contribution in [1.82, 2.24) is 5.23 Å². The number of hydroxylamine groups is 2. The molecule has 0 amide bonds. The Kier molecular flexibility index (Phi) is 5.21. The van der Waals surface area contributed by atoms with Crippen LogP contribution in [-0.4, -0.2) is 68.0 Å². The molecule has 0 bridgehead atoms. The van der Waals surface area contributed by atoms with E-state index in [1.54, 1.807) is 0 Å². The molecule has 2 saturated heterocycles. The Bertz CT molecular complexity index is 562. The highest BCUT2D eigenvalue weighted by molar-refractivity contribution is 5.88. The van der Waals surface area contributed by atoms with Crippen molar-refractivity contribution in [2.24, 2.45) is 5.92 Å². The maximum absolute atomic E-state index is 12.5. The summed E-state index contributed by atoms with van der Waals surface area (Å²) in [4.78, 5) is 58.6. The summed E-state index contributed by atoms with van der Waals surface area (Å²) in [6.07, 6.45) is -2.71. The average Bonchev–Trinajstić information content (AvgIpc) is 3.07. The van der Waals surface area contributed by atoms with Crippen molar-refractivity contribution in [2.45, 2.75) is 37.5 Å². The lowest BCUT2D eigenvalue weighted by Gasteiger charge is -2.29. The summed E-state index contributed by atoms with van der Waals surface area (Å²) in [6, 6.07) is 0.